The average Bonchev–Trinajstić information content (AvgIpc) is 3.26. The molecule has 0 aromatic heterocycles. The summed E-state index contributed by atoms with van der Waals surface area (Å²) in [5, 5.41) is 0. The second-order valence-corrected chi connectivity index (χ2v) is 10.3. The molecule has 1 heterocycles. The Bertz CT molecular complexity index is 1190. The molecule has 0 radical (unpaired) electrons. The minimum absolute atomic E-state index is 0.0289. The third-order valence-corrected chi connectivity index (χ3v) is 8.79. The van der Waals surface area contributed by atoms with Crippen molar-refractivity contribution in [1.82, 2.24) is 4.90 Å². The van der Waals surface area contributed by atoms with E-state index in [9.17, 15) is 4.79 Å². The van der Waals surface area contributed by atoms with Gasteiger partial charge in [-0.2, -0.15) is 0 Å². The van der Waals surface area contributed by atoms with E-state index in [0.717, 1.165) is 32.5 Å². The number of rotatable bonds is 4. The molecule has 1 saturated carbocycles. The fraction of sp³-hybridized carbons (Fsp3) is 0.367. The minimum Gasteiger partial charge on any atom is -0.469 e. The van der Waals surface area contributed by atoms with Gasteiger partial charge in [-0.25, -0.2) is 0 Å². The van der Waals surface area contributed by atoms with Gasteiger partial charge in [0.25, 0.3) is 0 Å². The Hall–Kier alpha value is -2.91. The maximum atomic E-state index is 13.7. The number of benzene rings is 3. The van der Waals surface area contributed by atoms with Gasteiger partial charge in [0.05, 0.1) is 12.5 Å². The predicted octanol–water partition coefficient (Wildman–Crippen LogP) is 5.46. The van der Waals surface area contributed by atoms with Crippen LogP contribution < -0.4 is 0 Å². The fourth-order valence-corrected chi connectivity index (χ4v) is 7.53. The van der Waals surface area contributed by atoms with E-state index < -0.39 is 5.41 Å². The number of hydrogen-bond donors (Lipinski definition) is 0. The number of esters is 1. The first-order chi connectivity index (χ1) is 16.1. The standard InChI is InChI=1S/C30H31NO2/c1-21-12-14-23(15-13-21)29-17-16-26(24-10-6-7-11-25(24)29)30(28(32)33-2)20-31(19-27(29)30)18-22-8-4-3-5-9-22/h3-15,26-27H,16-20H2,1-2H3. The Kier molecular flexibility index (Phi) is 4.74. The number of carbonyl (C=O) groups excluding carboxylic acids is 1. The Morgan fingerprint density at radius 1 is 1.00 bits per heavy atom. The molecule has 4 aliphatic rings. The van der Waals surface area contributed by atoms with Crippen molar-refractivity contribution in [1.29, 1.82) is 0 Å². The number of hydrogen-bond acceptors (Lipinski definition) is 3. The molecule has 0 spiro atoms. The first-order valence-electron chi connectivity index (χ1n) is 12.1. The second kappa shape index (κ2) is 7.56. The summed E-state index contributed by atoms with van der Waals surface area (Å²) < 4.78 is 5.59. The van der Waals surface area contributed by atoms with Crippen molar-refractivity contribution in [2.24, 2.45) is 11.3 Å². The van der Waals surface area contributed by atoms with Crippen molar-refractivity contribution in [3.63, 3.8) is 0 Å². The quantitative estimate of drug-likeness (QED) is 0.508. The predicted molar refractivity (Wildman–Crippen MR) is 130 cm³/mol. The molecule has 2 fully saturated rings. The van der Waals surface area contributed by atoms with E-state index in [1.807, 2.05) is 0 Å². The highest BCUT2D eigenvalue weighted by atomic mass is 16.5. The zero-order valence-corrected chi connectivity index (χ0v) is 19.5. The number of aryl methyl sites for hydroxylation is 1. The molecule has 4 atom stereocenters. The van der Waals surface area contributed by atoms with Crippen LogP contribution in [0.1, 0.15) is 46.6 Å². The van der Waals surface area contributed by atoms with Gasteiger partial charge in [0.2, 0.25) is 0 Å². The van der Waals surface area contributed by atoms with Crippen LogP contribution in [0, 0.1) is 18.3 Å². The maximum Gasteiger partial charge on any atom is 0.314 e. The van der Waals surface area contributed by atoms with Gasteiger partial charge in [-0.1, -0.05) is 84.4 Å². The van der Waals surface area contributed by atoms with E-state index in [0.29, 0.717) is 0 Å². The van der Waals surface area contributed by atoms with Gasteiger partial charge in [-0.15, -0.1) is 0 Å². The van der Waals surface area contributed by atoms with Gasteiger partial charge in [-0.3, -0.25) is 9.69 Å². The number of fused-ring (bicyclic) bond motifs is 1. The normalized spacial score (nSPS) is 30.0. The fourth-order valence-electron chi connectivity index (χ4n) is 7.53. The van der Waals surface area contributed by atoms with Crippen molar-refractivity contribution < 1.29 is 9.53 Å². The molecule has 7 rings (SSSR count). The summed E-state index contributed by atoms with van der Waals surface area (Å²) in [4.78, 5) is 16.3. The highest BCUT2D eigenvalue weighted by Gasteiger charge is 2.70. The van der Waals surface area contributed by atoms with Crippen molar-refractivity contribution in [2.75, 3.05) is 20.2 Å². The van der Waals surface area contributed by atoms with Crippen LogP contribution >= 0.6 is 0 Å². The highest BCUT2D eigenvalue weighted by molar-refractivity contribution is 5.82. The Labute approximate surface area is 196 Å². The monoisotopic (exact) mass is 437 g/mol. The van der Waals surface area contributed by atoms with E-state index in [1.54, 1.807) is 7.11 Å². The molecule has 1 saturated heterocycles. The summed E-state index contributed by atoms with van der Waals surface area (Å²) in [5.41, 5.74) is 6.01. The smallest absolute Gasteiger partial charge is 0.314 e. The third kappa shape index (κ3) is 2.81. The van der Waals surface area contributed by atoms with E-state index in [2.05, 4.69) is 90.7 Å². The highest BCUT2D eigenvalue weighted by Crippen LogP contribution is 2.69. The average molecular weight is 438 g/mol. The lowest BCUT2D eigenvalue weighted by atomic mass is 9.42. The van der Waals surface area contributed by atoms with Crippen LogP contribution in [0.5, 0.6) is 0 Å². The zero-order chi connectivity index (χ0) is 22.6. The van der Waals surface area contributed by atoms with Crippen molar-refractivity contribution in [3.05, 3.63) is 107 Å². The molecule has 3 aromatic rings. The number of nitrogens with zero attached hydrogens (tertiary/aromatic N) is 1. The van der Waals surface area contributed by atoms with E-state index in [1.165, 1.54) is 27.8 Å². The summed E-state index contributed by atoms with van der Waals surface area (Å²) in [6.45, 7) is 4.67. The van der Waals surface area contributed by atoms with Gasteiger partial charge < -0.3 is 4.74 Å². The van der Waals surface area contributed by atoms with Crippen molar-refractivity contribution >= 4 is 5.97 Å². The first kappa shape index (κ1) is 20.7. The molecule has 4 unspecified atom stereocenters. The molecular weight excluding hydrogens is 406 g/mol. The number of carbonyl (C=O) groups is 1. The van der Waals surface area contributed by atoms with Gasteiger partial charge in [-0.05, 0) is 42.0 Å². The molecule has 33 heavy (non-hydrogen) atoms. The molecular formula is C30H31NO2. The summed E-state index contributed by atoms with van der Waals surface area (Å²) >= 11 is 0. The van der Waals surface area contributed by atoms with Crippen LogP contribution in [0.3, 0.4) is 0 Å². The summed E-state index contributed by atoms with van der Waals surface area (Å²) in [7, 11) is 1.57. The number of methoxy groups -OCH3 is 1. The van der Waals surface area contributed by atoms with E-state index in [-0.39, 0.29) is 23.2 Å². The first-order valence-corrected chi connectivity index (χ1v) is 12.1. The van der Waals surface area contributed by atoms with Crippen LogP contribution in [0.25, 0.3) is 0 Å². The molecule has 3 nitrogen and oxygen atoms in total. The Morgan fingerprint density at radius 3 is 2.48 bits per heavy atom. The molecule has 168 valence electrons. The summed E-state index contributed by atoms with van der Waals surface area (Å²) in [6.07, 6.45) is 2.11. The van der Waals surface area contributed by atoms with Crippen LogP contribution in [-0.4, -0.2) is 31.1 Å². The maximum absolute atomic E-state index is 13.7. The molecule has 3 heteroatoms. The lowest BCUT2D eigenvalue weighted by molar-refractivity contribution is -0.161. The Morgan fingerprint density at radius 2 is 1.73 bits per heavy atom. The minimum atomic E-state index is -0.513. The van der Waals surface area contributed by atoms with Crippen molar-refractivity contribution in [2.45, 2.75) is 37.6 Å². The van der Waals surface area contributed by atoms with Gasteiger partial charge in [0.1, 0.15) is 0 Å². The molecule has 2 bridgehead atoms. The SMILES string of the molecule is COC(=O)C12CN(Cc3ccccc3)CC1C1(c3ccc(C)cc3)CCC2c2ccccc21. The van der Waals surface area contributed by atoms with Crippen LogP contribution in [0.15, 0.2) is 78.9 Å². The largest absolute Gasteiger partial charge is 0.469 e. The van der Waals surface area contributed by atoms with Crippen LogP contribution in [-0.2, 0) is 21.5 Å². The Balaban J connectivity index is 1.55. The molecule has 1 aliphatic heterocycles. The molecule has 0 amide bonds. The number of ether oxygens (including phenoxy) is 1. The van der Waals surface area contributed by atoms with Gasteiger partial charge in [0, 0.05) is 36.9 Å². The summed E-state index contributed by atoms with van der Waals surface area (Å²) in [5.74, 6) is 0.371. The molecule has 0 N–H and O–H groups in total. The third-order valence-electron chi connectivity index (χ3n) is 8.79. The van der Waals surface area contributed by atoms with E-state index >= 15 is 0 Å². The van der Waals surface area contributed by atoms with Gasteiger partial charge >= 0.3 is 5.97 Å². The van der Waals surface area contributed by atoms with Crippen molar-refractivity contribution in [3.8, 4) is 0 Å². The lowest BCUT2D eigenvalue weighted by Gasteiger charge is -2.59. The van der Waals surface area contributed by atoms with Crippen LogP contribution in [0.2, 0.25) is 0 Å². The molecule has 3 aliphatic carbocycles. The van der Waals surface area contributed by atoms with Gasteiger partial charge in [0.15, 0.2) is 0 Å². The number of likely N-dealkylation sites (tertiary alicyclic amines) is 1. The lowest BCUT2D eigenvalue weighted by Crippen LogP contribution is -2.60. The molecule has 3 aromatic carbocycles. The summed E-state index contributed by atoms with van der Waals surface area (Å²) in [6, 6.07) is 28.6. The zero-order valence-electron chi connectivity index (χ0n) is 19.5. The topological polar surface area (TPSA) is 29.5 Å². The second-order valence-electron chi connectivity index (χ2n) is 10.3. The van der Waals surface area contributed by atoms with E-state index in [4.69, 9.17) is 4.74 Å². The van der Waals surface area contributed by atoms with Crippen LogP contribution in [0.4, 0.5) is 0 Å².